The van der Waals surface area contributed by atoms with Gasteiger partial charge in [-0.25, -0.2) is 4.68 Å². The van der Waals surface area contributed by atoms with E-state index in [1.165, 1.54) is 16.0 Å². The van der Waals surface area contributed by atoms with Gasteiger partial charge in [0.2, 0.25) is 11.8 Å². The first-order chi connectivity index (χ1) is 21.0. The van der Waals surface area contributed by atoms with Crippen molar-refractivity contribution in [3.63, 3.8) is 0 Å². The summed E-state index contributed by atoms with van der Waals surface area (Å²) in [5.74, 6) is -0.152. The molecule has 0 spiro atoms. The predicted octanol–water partition coefficient (Wildman–Crippen LogP) is 3.05. The Kier molecular flexibility index (Phi) is 8.34. The molecule has 1 aromatic heterocycles. The molecule has 0 bridgehead atoms. The van der Waals surface area contributed by atoms with E-state index in [9.17, 15) is 19.8 Å². The minimum absolute atomic E-state index is 0.0351. The molecule has 3 atom stereocenters. The van der Waals surface area contributed by atoms with Crippen LogP contribution in [0.2, 0.25) is 0 Å². The lowest BCUT2D eigenvalue weighted by atomic mass is 9.85. The van der Waals surface area contributed by atoms with Crippen molar-refractivity contribution in [1.29, 1.82) is 0 Å². The van der Waals surface area contributed by atoms with E-state index < -0.39 is 29.2 Å². The van der Waals surface area contributed by atoms with Crippen molar-refractivity contribution in [2.24, 2.45) is 5.41 Å². The Labute approximate surface area is 259 Å². The number of carbonyl (C=O) groups is 2. The van der Waals surface area contributed by atoms with Gasteiger partial charge in [-0.05, 0) is 35.8 Å². The third kappa shape index (κ3) is 6.43. The summed E-state index contributed by atoms with van der Waals surface area (Å²) in [6, 6.07) is 19.1. The minimum atomic E-state index is -0.927. The number of aliphatic hydroxyl groups excluding tert-OH is 1. The van der Waals surface area contributed by atoms with Crippen LogP contribution in [0.3, 0.4) is 0 Å². The molecule has 1 unspecified atom stereocenters. The van der Waals surface area contributed by atoms with Crippen LogP contribution < -0.4 is 5.32 Å². The smallest absolute Gasteiger partial charge is 0.248 e. The highest BCUT2D eigenvalue weighted by Crippen LogP contribution is 2.41. The van der Waals surface area contributed by atoms with Crippen LogP contribution in [-0.4, -0.2) is 90.7 Å². The Morgan fingerprint density at radius 2 is 1.64 bits per heavy atom. The Morgan fingerprint density at radius 3 is 2.20 bits per heavy atom. The molecule has 10 heteroatoms. The number of hydrogen-bond donors (Lipinski definition) is 3. The highest BCUT2D eigenvalue weighted by molar-refractivity contribution is 5.90. The van der Waals surface area contributed by atoms with Crippen LogP contribution in [0.4, 0.5) is 0 Å². The maximum Gasteiger partial charge on any atom is 0.248 e. The molecule has 3 aliphatic rings. The number of hydrogen-bond acceptors (Lipinski definition) is 7. The lowest BCUT2D eigenvalue weighted by Gasteiger charge is -2.50. The zero-order valence-corrected chi connectivity index (χ0v) is 25.8. The molecule has 2 aromatic carbocycles. The Bertz CT molecular complexity index is 1410. The summed E-state index contributed by atoms with van der Waals surface area (Å²) < 4.78 is 1.63. The molecule has 3 fully saturated rings. The van der Waals surface area contributed by atoms with Crippen LogP contribution in [0.25, 0.3) is 0 Å². The normalized spacial score (nSPS) is 22.5. The molecule has 234 valence electrons. The van der Waals surface area contributed by atoms with Crippen LogP contribution in [-0.2, 0) is 9.59 Å². The number of aliphatic hydroxyl groups is 2. The first-order valence-corrected chi connectivity index (χ1v) is 15.8. The summed E-state index contributed by atoms with van der Waals surface area (Å²) in [6.45, 7) is 7.24. The summed E-state index contributed by atoms with van der Waals surface area (Å²) in [5.41, 5.74) is 1.82. The van der Waals surface area contributed by atoms with Crippen molar-refractivity contribution >= 4 is 11.8 Å². The number of rotatable bonds is 10. The molecular formula is C34H44N6O4. The maximum atomic E-state index is 14.0. The van der Waals surface area contributed by atoms with Crippen LogP contribution in [0, 0.1) is 5.41 Å². The van der Waals surface area contributed by atoms with E-state index in [1.54, 1.807) is 4.68 Å². The van der Waals surface area contributed by atoms with Crippen molar-refractivity contribution in [2.75, 3.05) is 26.2 Å². The number of nitrogens with one attached hydrogen (secondary N) is 1. The minimum Gasteiger partial charge on any atom is -0.391 e. The first-order valence-electron chi connectivity index (χ1n) is 15.8. The molecular weight excluding hydrogens is 556 g/mol. The average Bonchev–Trinajstić information content (AvgIpc) is 3.58. The molecule has 6 rings (SSSR count). The second-order valence-electron chi connectivity index (χ2n) is 14.0. The Hall–Kier alpha value is -3.60. The fourth-order valence-electron chi connectivity index (χ4n) is 6.80. The van der Waals surface area contributed by atoms with E-state index in [1.807, 2.05) is 63.4 Å². The van der Waals surface area contributed by atoms with Crippen molar-refractivity contribution in [3.05, 3.63) is 83.7 Å². The summed E-state index contributed by atoms with van der Waals surface area (Å²) in [4.78, 5) is 31.1. The first kappa shape index (κ1) is 30.4. The van der Waals surface area contributed by atoms with E-state index in [-0.39, 0.29) is 37.4 Å². The van der Waals surface area contributed by atoms with Gasteiger partial charge in [-0.15, -0.1) is 5.10 Å². The van der Waals surface area contributed by atoms with E-state index in [0.717, 1.165) is 18.5 Å². The fourth-order valence-corrected chi connectivity index (χ4v) is 6.80. The van der Waals surface area contributed by atoms with Crippen LogP contribution in [0.1, 0.15) is 81.3 Å². The number of β-amino-alcohol motifs (C(OH)–C–C–N with tert-alkyl or cyclic N) is 2. The molecule has 1 saturated carbocycles. The fraction of sp³-hybridized carbons (Fsp3) is 0.529. The average molecular weight is 601 g/mol. The van der Waals surface area contributed by atoms with Crippen molar-refractivity contribution < 1.29 is 19.8 Å². The number of benzene rings is 2. The summed E-state index contributed by atoms with van der Waals surface area (Å²) >= 11 is 0. The summed E-state index contributed by atoms with van der Waals surface area (Å²) in [6.07, 6.45) is 3.80. The Morgan fingerprint density at radius 1 is 1.02 bits per heavy atom. The van der Waals surface area contributed by atoms with Crippen molar-refractivity contribution in [1.82, 2.24) is 30.1 Å². The molecule has 44 heavy (non-hydrogen) atoms. The van der Waals surface area contributed by atoms with Gasteiger partial charge in [0.1, 0.15) is 12.1 Å². The van der Waals surface area contributed by atoms with E-state index in [4.69, 9.17) is 0 Å². The van der Waals surface area contributed by atoms with Gasteiger partial charge in [-0.3, -0.25) is 14.5 Å². The molecule has 3 aromatic rings. The van der Waals surface area contributed by atoms with E-state index in [0.29, 0.717) is 25.4 Å². The van der Waals surface area contributed by atoms with Crippen LogP contribution in [0.15, 0.2) is 66.9 Å². The number of carbonyl (C=O) groups excluding carboxylic acids is 2. The molecule has 2 saturated heterocycles. The van der Waals surface area contributed by atoms with Crippen LogP contribution in [0.5, 0.6) is 0 Å². The summed E-state index contributed by atoms with van der Waals surface area (Å²) in [7, 11) is 0. The lowest BCUT2D eigenvalue weighted by molar-refractivity contribution is -0.144. The SMILES string of the molecule is CC(C)(C)C(C(=O)N1C[C@H](O)C[C@H]1C(=O)NCCC1(O)CN(C(c2ccccc2)c2ccccc2)C1)n1cc(C2CC2)nn1. The molecule has 2 amide bonds. The van der Waals surface area contributed by atoms with Gasteiger partial charge in [-0.2, -0.15) is 0 Å². The van der Waals surface area contributed by atoms with Gasteiger partial charge in [0.05, 0.1) is 23.4 Å². The maximum absolute atomic E-state index is 14.0. The van der Waals surface area contributed by atoms with Crippen molar-refractivity contribution in [2.45, 2.75) is 82.2 Å². The van der Waals surface area contributed by atoms with Gasteiger partial charge in [0.15, 0.2) is 0 Å². The van der Waals surface area contributed by atoms with E-state index in [2.05, 4.69) is 44.8 Å². The number of nitrogens with zero attached hydrogens (tertiary/aromatic N) is 5. The van der Waals surface area contributed by atoms with Crippen molar-refractivity contribution in [3.8, 4) is 0 Å². The van der Waals surface area contributed by atoms with Gasteiger partial charge < -0.3 is 20.4 Å². The third-order valence-corrected chi connectivity index (χ3v) is 9.19. The quantitative estimate of drug-likeness (QED) is 0.327. The van der Waals surface area contributed by atoms with Gasteiger partial charge in [-0.1, -0.05) is 86.6 Å². The molecule has 3 N–H and O–H groups in total. The molecule has 10 nitrogen and oxygen atoms in total. The van der Waals surface area contributed by atoms with Gasteiger partial charge in [0, 0.05) is 44.7 Å². The summed E-state index contributed by atoms with van der Waals surface area (Å²) in [5, 5.41) is 33.4. The molecule has 1 aliphatic carbocycles. The largest absolute Gasteiger partial charge is 0.391 e. The second-order valence-corrected chi connectivity index (χ2v) is 14.0. The number of aromatic nitrogens is 3. The van der Waals surface area contributed by atoms with Crippen LogP contribution >= 0.6 is 0 Å². The monoisotopic (exact) mass is 600 g/mol. The zero-order valence-electron chi connectivity index (χ0n) is 25.8. The van der Waals surface area contributed by atoms with E-state index >= 15 is 0 Å². The zero-order chi connectivity index (χ0) is 31.1. The molecule has 2 aliphatic heterocycles. The standard InChI is InChI=1S/C34H44N6O4/c1-33(2,3)30(40-20-27(36-37-40)23-14-15-23)32(43)39-19-26(41)18-28(39)31(42)35-17-16-34(44)21-38(22-34)29(24-10-6-4-7-11-24)25-12-8-5-9-13-25/h4-13,20,23,26,28-30,41,44H,14-19,21-22H2,1-3H3,(H,35,42)/t26-,28+,30?/m1/s1. The second kappa shape index (κ2) is 12.1. The highest BCUT2D eigenvalue weighted by Gasteiger charge is 2.47. The lowest BCUT2D eigenvalue weighted by Crippen LogP contribution is -2.63. The molecule has 0 radical (unpaired) electrons. The van der Waals surface area contributed by atoms with Gasteiger partial charge >= 0.3 is 0 Å². The predicted molar refractivity (Wildman–Crippen MR) is 165 cm³/mol. The Balaban J connectivity index is 1.07. The highest BCUT2D eigenvalue weighted by atomic mass is 16.3. The van der Waals surface area contributed by atoms with Gasteiger partial charge in [0.25, 0.3) is 0 Å². The third-order valence-electron chi connectivity index (χ3n) is 9.19. The topological polar surface area (TPSA) is 124 Å². The number of amides is 2. The molecule has 3 heterocycles. The number of likely N-dealkylation sites (tertiary alicyclic amines) is 2.